The maximum atomic E-state index is 14.2. The lowest BCUT2D eigenvalue weighted by atomic mass is 10.0. The fourth-order valence-corrected chi connectivity index (χ4v) is 6.97. The number of benzene rings is 5. The van der Waals surface area contributed by atoms with Gasteiger partial charge in [0.2, 0.25) is 0 Å². The number of carbonyl (C=O) groups excluding carboxylic acids is 2. The first-order valence-corrected chi connectivity index (χ1v) is 20.1. The van der Waals surface area contributed by atoms with Gasteiger partial charge in [0.05, 0.1) is 30.0 Å². The highest BCUT2D eigenvalue weighted by Crippen LogP contribution is 2.37. The standard InChI is InChI=1S/C29H25ClF2N2O4.C18H15ClF2O3/c1-18-2-6-27(25-14-21(30)4-7-28(25)38-17-19-3-5-22(31)15-26(19)32)34(18)24-13-20(29(35)36)12-23(16-24)33-8-10-37-11-9-33;1-11(22)2-6-17(23)15-8-13(19)4-7-18(15)24-10-12-3-5-14(20)9-16(12)21/h2-7,12-16H,8-11,17H2,1H3,(H,35,36);3-5,7-9H,2,6,10H2,1H3. The number of nitrogens with zero attached hydrogens (tertiary/aromatic N) is 2. The molecule has 0 amide bonds. The second-order valence-corrected chi connectivity index (χ2v) is 15.2. The van der Waals surface area contributed by atoms with Crippen LogP contribution in [0.4, 0.5) is 23.2 Å². The van der Waals surface area contributed by atoms with Gasteiger partial charge in [-0.3, -0.25) is 4.79 Å². The third kappa shape index (κ3) is 11.6. The summed E-state index contributed by atoms with van der Waals surface area (Å²) in [5.41, 5.74) is 4.44. The molecule has 2 heterocycles. The van der Waals surface area contributed by atoms with Crippen LogP contribution in [0.1, 0.15) is 57.3 Å². The highest BCUT2D eigenvalue weighted by Gasteiger charge is 2.21. The van der Waals surface area contributed by atoms with Crippen molar-refractivity contribution in [3.8, 4) is 28.4 Å². The van der Waals surface area contributed by atoms with Crippen molar-refractivity contribution in [3.63, 3.8) is 0 Å². The Morgan fingerprint density at radius 3 is 1.87 bits per heavy atom. The number of carboxylic acids is 1. The lowest BCUT2D eigenvalue weighted by molar-refractivity contribution is -0.117. The van der Waals surface area contributed by atoms with E-state index in [1.807, 2.05) is 29.7 Å². The van der Waals surface area contributed by atoms with Gasteiger partial charge in [-0.15, -0.1) is 0 Å². The molecule has 1 fully saturated rings. The van der Waals surface area contributed by atoms with E-state index in [0.717, 1.165) is 35.3 Å². The van der Waals surface area contributed by atoms with E-state index in [4.69, 9.17) is 37.4 Å². The summed E-state index contributed by atoms with van der Waals surface area (Å²) < 4.78 is 73.0. The molecule has 1 N–H and O–H groups in total. The number of aromatic carboxylic acids is 1. The number of carboxylic acid groups (broad SMARTS) is 1. The van der Waals surface area contributed by atoms with Crippen LogP contribution in [0, 0.1) is 30.2 Å². The predicted octanol–water partition coefficient (Wildman–Crippen LogP) is 11.2. The Morgan fingerprint density at radius 2 is 1.27 bits per heavy atom. The van der Waals surface area contributed by atoms with Crippen molar-refractivity contribution in [3.05, 3.63) is 164 Å². The van der Waals surface area contributed by atoms with Gasteiger partial charge in [0.15, 0.2) is 5.78 Å². The van der Waals surface area contributed by atoms with Crippen LogP contribution in [-0.2, 0) is 22.7 Å². The van der Waals surface area contributed by atoms with Crippen molar-refractivity contribution in [2.75, 3.05) is 31.2 Å². The van der Waals surface area contributed by atoms with Crippen LogP contribution in [0.3, 0.4) is 0 Å². The van der Waals surface area contributed by atoms with Gasteiger partial charge < -0.3 is 33.6 Å². The number of halogens is 6. The summed E-state index contributed by atoms with van der Waals surface area (Å²) in [4.78, 5) is 37.4. The molecule has 15 heteroatoms. The van der Waals surface area contributed by atoms with Crippen LogP contribution >= 0.6 is 23.2 Å². The fraction of sp³-hybridized carbons (Fsp3) is 0.213. The molecule has 7 rings (SSSR count). The van der Waals surface area contributed by atoms with Crippen LogP contribution in [0.15, 0.2) is 103 Å². The van der Waals surface area contributed by atoms with E-state index in [0.29, 0.717) is 53.3 Å². The Balaban J connectivity index is 0.000000230. The number of rotatable bonds is 14. The molecule has 62 heavy (non-hydrogen) atoms. The number of aromatic nitrogens is 1. The summed E-state index contributed by atoms with van der Waals surface area (Å²) in [7, 11) is 0. The molecule has 0 atom stereocenters. The summed E-state index contributed by atoms with van der Waals surface area (Å²) in [5, 5.41) is 10.7. The van der Waals surface area contributed by atoms with Gasteiger partial charge in [-0.1, -0.05) is 23.2 Å². The van der Waals surface area contributed by atoms with Gasteiger partial charge in [0, 0.05) is 81.9 Å². The minimum Gasteiger partial charge on any atom is -0.488 e. The van der Waals surface area contributed by atoms with Gasteiger partial charge in [0.1, 0.15) is 53.8 Å². The molecule has 0 bridgehead atoms. The molecule has 1 aliphatic rings. The molecule has 0 radical (unpaired) electrons. The zero-order valence-electron chi connectivity index (χ0n) is 33.5. The fourth-order valence-electron chi connectivity index (χ4n) is 6.63. The molecule has 1 aliphatic heterocycles. The number of morpholine rings is 1. The van der Waals surface area contributed by atoms with E-state index in [2.05, 4.69) is 4.90 Å². The average Bonchev–Trinajstić information content (AvgIpc) is 3.64. The molecule has 322 valence electrons. The number of ketones is 2. The number of carbonyl (C=O) groups is 3. The van der Waals surface area contributed by atoms with Crippen LogP contribution in [0.5, 0.6) is 11.5 Å². The highest BCUT2D eigenvalue weighted by atomic mass is 35.5. The second kappa shape index (κ2) is 20.6. The summed E-state index contributed by atoms with van der Waals surface area (Å²) in [6.07, 6.45) is 0.161. The van der Waals surface area contributed by atoms with Crippen LogP contribution in [0.25, 0.3) is 16.9 Å². The molecule has 0 aliphatic carbocycles. The molecule has 6 aromatic rings. The Labute approximate surface area is 365 Å². The quantitative estimate of drug-likeness (QED) is 0.0851. The van der Waals surface area contributed by atoms with Gasteiger partial charge in [-0.05, 0) is 105 Å². The molecule has 1 aromatic heterocycles. The molecule has 0 spiro atoms. The van der Waals surface area contributed by atoms with Crippen molar-refractivity contribution >= 4 is 46.4 Å². The molecule has 1 saturated heterocycles. The summed E-state index contributed by atoms with van der Waals surface area (Å²) in [5.74, 6) is -3.50. The van der Waals surface area contributed by atoms with Crippen molar-refractivity contribution in [2.45, 2.75) is 39.9 Å². The van der Waals surface area contributed by atoms with Crippen molar-refractivity contribution in [2.24, 2.45) is 0 Å². The van der Waals surface area contributed by atoms with E-state index < -0.39 is 29.2 Å². The lowest BCUT2D eigenvalue weighted by Crippen LogP contribution is -2.36. The normalized spacial score (nSPS) is 12.4. The van der Waals surface area contributed by atoms with E-state index in [1.165, 1.54) is 37.3 Å². The van der Waals surface area contributed by atoms with Gasteiger partial charge in [-0.2, -0.15) is 0 Å². The maximum absolute atomic E-state index is 14.2. The monoisotopic (exact) mass is 890 g/mol. The van der Waals surface area contributed by atoms with Crippen LogP contribution < -0.4 is 14.4 Å². The van der Waals surface area contributed by atoms with E-state index in [9.17, 15) is 37.1 Å². The topological polar surface area (TPSA) is 107 Å². The number of aryl methyl sites for hydroxylation is 1. The van der Waals surface area contributed by atoms with E-state index >= 15 is 0 Å². The van der Waals surface area contributed by atoms with Crippen LogP contribution in [-0.4, -0.2) is 53.5 Å². The Kier molecular flexibility index (Phi) is 15.1. The zero-order chi connectivity index (χ0) is 44.5. The van der Waals surface area contributed by atoms with Gasteiger partial charge >= 0.3 is 5.97 Å². The van der Waals surface area contributed by atoms with E-state index in [-0.39, 0.29) is 65.6 Å². The predicted molar refractivity (Wildman–Crippen MR) is 228 cm³/mol. The molecule has 5 aromatic carbocycles. The molecular formula is C47H40Cl2F4N2O7. The minimum absolute atomic E-state index is 0.0386. The Hall–Kier alpha value is -6.15. The summed E-state index contributed by atoms with van der Waals surface area (Å²) in [6.45, 7) is 5.50. The molecule has 0 saturated carbocycles. The first kappa shape index (κ1) is 45.4. The van der Waals surface area contributed by atoms with Crippen molar-refractivity contribution < 1.29 is 51.3 Å². The zero-order valence-corrected chi connectivity index (χ0v) is 35.0. The molecule has 0 unspecified atom stereocenters. The minimum atomic E-state index is -1.03. The first-order valence-electron chi connectivity index (χ1n) is 19.3. The number of anilines is 1. The summed E-state index contributed by atoms with van der Waals surface area (Å²) >= 11 is 12.3. The third-order valence-electron chi connectivity index (χ3n) is 9.82. The van der Waals surface area contributed by atoms with Crippen molar-refractivity contribution in [1.29, 1.82) is 0 Å². The number of Topliss-reactive ketones (excluding diaryl/α,β-unsaturated/α-hetero) is 2. The largest absolute Gasteiger partial charge is 0.488 e. The summed E-state index contributed by atoms with van der Waals surface area (Å²) in [6, 6.07) is 25.2. The SMILES string of the molecule is CC(=O)CCC(=O)c1cc(Cl)ccc1OCc1ccc(F)cc1F.Cc1ccc(-c2cc(Cl)ccc2OCc2ccc(F)cc2F)n1-c1cc(C(=O)O)cc(N2CCOCC2)c1. The Morgan fingerprint density at radius 1 is 0.694 bits per heavy atom. The smallest absolute Gasteiger partial charge is 0.335 e. The molecule has 9 nitrogen and oxygen atoms in total. The van der Waals surface area contributed by atoms with Gasteiger partial charge in [-0.25, -0.2) is 22.4 Å². The number of ether oxygens (including phenoxy) is 3. The van der Waals surface area contributed by atoms with Crippen LogP contribution in [0.2, 0.25) is 10.0 Å². The maximum Gasteiger partial charge on any atom is 0.335 e. The lowest BCUT2D eigenvalue weighted by Gasteiger charge is -2.29. The highest BCUT2D eigenvalue weighted by molar-refractivity contribution is 6.31. The average molecular weight is 892 g/mol. The third-order valence-corrected chi connectivity index (χ3v) is 10.3. The first-order chi connectivity index (χ1) is 29.7. The Bertz CT molecular complexity index is 2610. The van der Waals surface area contributed by atoms with Crippen molar-refractivity contribution in [1.82, 2.24) is 4.57 Å². The number of hydrogen-bond acceptors (Lipinski definition) is 7. The van der Waals surface area contributed by atoms with Gasteiger partial charge in [0.25, 0.3) is 0 Å². The second-order valence-electron chi connectivity index (χ2n) is 14.3. The van der Waals surface area contributed by atoms with E-state index in [1.54, 1.807) is 36.4 Å². The number of hydrogen-bond donors (Lipinski definition) is 1. The molecular weight excluding hydrogens is 851 g/mol.